The number of carbonyl (C=O) groups excluding carboxylic acids is 1. The average molecular weight is 398 g/mol. The molecule has 1 heterocycles. The molecule has 3 N–H and O–H groups in total. The number of allylic oxidation sites excluding steroid dienone is 1. The normalized spacial score (nSPS) is 16.1. The van der Waals surface area contributed by atoms with Gasteiger partial charge >= 0.3 is 0 Å². The quantitative estimate of drug-likeness (QED) is 0.648. The molecule has 6 nitrogen and oxygen atoms in total. The van der Waals surface area contributed by atoms with Crippen LogP contribution in [-0.4, -0.2) is 24.7 Å². The number of methoxy groups -OCH3 is 1. The third-order valence-corrected chi connectivity index (χ3v) is 4.60. The van der Waals surface area contributed by atoms with E-state index in [0.29, 0.717) is 40.2 Å². The number of carbonyl (C=O) groups is 1. The smallest absolute Gasteiger partial charge is 0.255 e. The highest BCUT2D eigenvalue weighted by Gasteiger charge is 2.30. The minimum Gasteiger partial charge on any atom is -0.497 e. The van der Waals surface area contributed by atoms with Crippen LogP contribution >= 0.6 is 12.2 Å². The molecule has 0 bridgehead atoms. The fourth-order valence-corrected chi connectivity index (χ4v) is 3.38. The Bertz CT molecular complexity index is 927. The van der Waals surface area contributed by atoms with Gasteiger partial charge < -0.3 is 25.4 Å². The molecule has 1 atom stereocenters. The van der Waals surface area contributed by atoms with Gasteiger partial charge in [-0.25, -0.2) is 0 Å². The predicted molar refractivity (Wildman–Crippen MR) is 114 cm³/mol. The van der Waals surface area contributed by atoms with Crippen molar-refractivity contribution in [1.29, 1.82) is 0 Å². The molecule has 7 heteroatoms. The first kappa shape index (κ1) is 19.7. The van der Waals surface area contributed by atoms with Crippen LogP contribution in [0.3, 0.4) is 0 Å². The number of ether oxygens (including phenoxy) is 2. The van der Waals surface area contributed by atoms with Gasteiger partial charge in [0.05, 0.1) is 31.0 Å². The van der Waals surface area contributed by atoms with E-state index in [1.54, 1.807) is 7.11 Å². The molecule has 3 rings (SSSR count). The largest absolute Gasteiger partial charge is 0.497 e. The van der Waals surface area contributed by atoms with Crippen molar-refractivity contribution < 1.29 is 14.3 Å². The van der Waals surface area contributed by atoms with Gasteiger partial charge in [-0.3, -0.25) is 4.79 Å². The standard InChI is InChI=1S/C21H23N3O3S/c1-4-27-17-11-6-5-10-16(17)23-20(25)18-13(2)22-21(28)24-19(18)14-8-7-9-15(12-14)26-3/h5-12,19H,4H2,1-3H3,(H,23,25)(H2,22,24,28)/t19-/m0/s1. The maximum absolute atomic E-state index is 13.2. The van der Waals surface area contributed by atoms with E-state index < -0.39 is 6.04 Å². The first-order valence-corrected chi connectivity index (χ1v) is 9.39. The number of para-hydroxylation sites is 2. The van der Waals surface area contributed by atoms with Crippen LogP contribution in [-0.2, 0) is 4.79 Å². The number of amides is 1. The molecule has 0 spiro atoms. The van der Waals surface area contributed by atoms with Crippen molar-refractivity contribution in [2.75, 3.05) is 19.0 Å². The third kappa shape index (κ3) is 4.26. The number of anilines is 1. The Morgan fingerprint density at radius 1 is 1.21 bits per heavy atom. The first-order valence-electron chi connectivity index (χ1n) is 8.99. The van der Waals surface area contributed by atoms with E-state index in [4.69, 9.17) is 21.7 Å². The zero-order chi connectivity index (χ0) is 20.1. The Morgan fingerprint density at radius 2 is 2.00 bits per heavy atom. The lowest BCUT2D eigenvalue weighted by Crippen LogP contribution is -2.45. The SMILES string of the molecule is CCOc1ccccc1NC(=O)C1=C(C)NC(=S)N[C@H]1c1cccc(OC)c1. The van der Waals surface area contributed by atoms with Crippen LogP contribution in [0.2, 0.25) is 0 Å². The molecule has 2 aromatic rings. The van der Waals surface area contributed by atoms with Gasteiger partial charge in [-0.2, -0.15) is 0 Å². The van der Waals surface area contributed by atoms with Crippen LogP contribution in [0.15, 0.2) is 59.8 Å². The van der Waals surface area contributed by atoms with E-state index in [2.05, 4.69) is 16.0 Å². The van der Waals surface area contributed by atoms with Gasteiger partial charge in [-0.15, -0.1) is 0 Å². The molecule has 146 valence electrons. The van der Waals surface area contributed by atoms with Crippen LogP contribution in [0, 0.1) is 0 Å². The van der Waals surface area contributed by atoms with Crippen LogP contribution < -0.4 is 25.4 Å². The van der Waals surface area contributed by atoms with Crippen LogP contribution in [0.25, 0.3) is 0 Å². The van der Waals surface area contributed by atoms with Gasteiger partial charge in [-0.1, -0.05) is 24.3 Å². The zero-order valence-electron chi connectivity index (χ0n) is 16.0. The Balaban J connectivity index is 1.95. The maximum Gasteiger partial charge on any atom is 0.255 e. The second-order valence-corrected chi connectivity index (χ2v) is 6.64. The first-order chi connectivity index (χ1) is 13.5. The highest BCUT2D eigenvalue weighted by Crippen LogP contribution is 2.31. The number of hydrogen-bond acceptors (Lipinski definition) is 4. The molecule has 0 unspecified atom stereocenters. The molecule has 1 aliphatic rings. The summed E-state index contributed by atoms with van der Waals surface area (Å²) in [7, 11) is 1.61. The highest BCUT2D eigenvalue weighted by atomic mass is 32.1. The Hall–Kier alpha value is -3.06. The summed E-state index contributed by atoms with van der Waals surface area (Å²) in [5.74, 6) is 1.10. The van der Waals surface area contributed by atoms with Crippen molar-refractivity contribution in [2.45, 2.75) is 19.9 Å². The summed E-state index contributed by atoms with van der Waals surface area (Å²) in [5, 5.41) is 9.66. The summed E-state index contributed by atoms with van der Waals surface area (Å²) in [6.07, 6.45) is 0. The summed E-state index contributed by atoms with van der Waals surface area (Å²) in [4.78, 5) is 13.2. The van der Waals surface area contributed by atoms with Crippen LogP contribution in [0.4, 0.5) is 5.69 Å². The molecule has 1 aliphatic heterocycles. The number of thiocarbonyl (C=S) groups is 1. The maximum atomic E-state index is 13.2. The Kier molecular flexibility index (Phi) is 6.16. The van der Waals surface area contributed by atoms with Crippen molar-refractivity contribution in [3.8, 4) is 11.5 Å². The van der Waals surface area contributed by atoms with E-state index >= 15 is 0 Å². The minimum atomic E-state index is -0.400. The fraction of sp³-hybridized carbons (Fsp3) is 0.238. The molecule has 0 aliphatic carbocycles. The van der Waals surface area contributed by atoms with Gasteiger partial charge in [0.25, 0.3) is 5.91 Å². The van der Waals surface area contributed by atoms with Gasteiger partial charge in [-0.05, 0) is 55.9 Å². The third-order valence-electron chi connectivity index (χ3n) is 4.38. The lowest BCUT2D eigenvalue weighted by atomic mass is 9.94. The molecule has 2 aromatic carbocycles. The summed E-state index contributed by atoms with van der Waals surface area (Å²) >= 11 is 5.31. The summed E-state index contributed by atoms with van der Waals surface area (Å²) in [6, 6.07) is 14.5. The molecule has 0 radical (unpaired) electrons. The predicted octanol–water partition coefficient (Wildman–Crippen LogP) is 3.53. The molecule has 0 aromatic heterocycles. The topological polar surface area (TPSA) is 71.6 Å². The fourth-order valence-electron chi connectivity index (χ4n) is 3.11. The van der Waals surface area contributed by atoms with Gasteiger partial charge in [0.1, 0.15) is 11.5 Å². The summed E-state index contributed by atoms with van der Waals surface area (Å²) in [6.45, 7) is 4.25. The monoisotopic (exact) mass is 397 g/mol. The molecule has 28 heavy (non-hydrogen) atoms. The lowest BCUT2D eigenvalue weighted by molar-refractivity contribution is -0.113. The van der Waals surface area contributed by atoms with Crippen LogP contribution in [0.1, 0.15) is 25.5 Å². The van der Waals surface area contributed by atoms with E-state index in [-0.39, 0.29) is 5.91 Å². The second-order valence-electron chi connectivity index (χ2n) is 6.23. The Morgan fingerprint density at radius 3 is 2.75 bits per heavy atom. The number of benzene rings is 2. The summed E-state index contributed by atoms with van der Waals surface area (Å²) in [5.41, 5.74) is 2.74. The molecule has 0 saturated carbocycles. The Labute approximate surface area is 169 Å². The molecule has 1 amide bonds. The van der Waals surface area contributed by atoms with Crippen LogP contribution in [0.5, 0.6) is 11.5 Å². The summed E-state index contributed by atoms with van der Waals surface area (Å²) < 4.78 is 10.9. The van der Waals surface area contributed by atoms with E-state index in [1.165, 1.54) is 0 Å². The van der Waals surface area contributed by atoms with Crippen molar-refractivity contribution in [3.05, 3.63) is 65.4 Å². The highest BCUT2D eigenvalue weighted by molar-refractivity contribution is 7.80. The number of hydrogen-bond donors (Lipinski definition) is 3. The molecular weight excluding hydrogens is 374 g/mol. The molecular formula is C21H23N3O3S. The van der Waals surface area contributed by atoms with E-state index in [0.717, 1.165) is 5.56 Å². The van der Waals surface area contributed by atoms with E-state index in [9.17, 15) is 4.79 Å². The number of rotatable bonds is 6. The van der Waals surface area contributed by atoms with Gasteiger partial charge in [0.15, 0.2) is 5.11 Å². The average Bonchev–Trinajstić information content (AvgIpc) is 2.69. The van der Waals surface area contributed by atoms with Crippen molar-refractivity contribution in [3.63, 3.8) is 0 Å². The molecule has 0 fully saturated rings. The zero-order valence-corrected chi connectivity index (χ0v) is 16.9. The second kappa shape index (κ2) is 8.75. The lowest BCUT2D eigenvalue weighted by Gasteiger charge is -2.30. The number of nitrogens with one attached hydrogen (secondary N) is 3. The van der Waals surface area contributed by atoms with Gasteiger partial charge in [0.2, 0.25) is 0 Å². The minimum absolute atomic E-state index is 0.236. The van der Waals surface area contributed by atoms with Crippen molar-refractivity contribution in [2.24, 2.45) is 0 Å². The van der Waals surface area contributed by atoms with Crippen molar-refractivity contribution >= 4 is 28.9 Å². The van der Waals surface area contributed by atoms with E-state index in [1.807, 2.05) is 62.4 Å². The molecule has 0 saturated heterocycles. The van der Waals surface area contributed by atoms with Crippen molar-refractivity contribution in [1.82, 2.24) is 10.6 Å². The van der Waals surface area contributed by atoms with Gasteiger partial charge in [0, 0.05) is 5.70 Å².